The molecule has 1 aromatic heterocycles. The number of imidazole rings is 1. The smallest absolute Gasteiger partial charge is 0.234 e. The summed E-state index contributed by atoms with van der Waals surface area (Å²) in [5.74, 6) is 1.86. The second-order valence-electron chi connectivity index (χ2n) is 5.71. The molecule has 8 nitrogen and oxygen atoms in total. The molecule has 0 aliphatic heterocycles. The molecule has 0 spiro atoms. The van der Waals surface area contributed by atoms with Crippen molar-refractivity contribution in [2.24, 2.45) is 7.05 Å². The Kier molecular flexibility index (Phi) is 7.43. The highest BCUT2D eigenvalue weighted by molar-refractivity contribution is 5.79. The third-order valence-corrected chi connectivity index (χ3v) is 3.90. The molecule has 2 N–H and O–H groups in total. The summed E-state index contributed by atoms with van der Waals surface area (Å²) in [6.07, 6.45) is 3.53. The van der Waals surface area contributed by atoms with E-state index < -0.39 is 6.04 Å². The molecule has 1 atom stereocenters. The van der Waals surface area contributed by atoms with E-state index >= 15 is 0 Å². The lowest BCUT2D eigenvalue weighted by atomic mass is 10.0. The molecule has 0 bridgehead atoms. The number of carbonyl (C=O) groups is 1. The van der Waals surface area contributed by atoms with Gasteiger partial charge in [-0.05, 0) is 17.7 Å². The van der Waals surface area contributed by atoms with Gasteiger partial charge in [0, 0.05) is 39.2 Å². The minimum Gasteiger partial charge on any atom is -0.497 e. The molecule has 1 unspecified atom stereocenters. The zero-order valence-electron chi connectivity index (χ0n) is 15.6. The number of methoxy groups -OCH3 is 3. The number of amides is 1. The standard InChI is InChI=1S/C18H26N4O4/c1-22-7-5-20-18(22)17(21-16(23)12-19-6-8-24-2)13-9-14(25-3)11-15(10-13)26-4/h5,7,9-11,17,19H,6,8,12H2,1-4H3,(H,21,23). The Morgan fingerprint density at radius 2 is 1.88 bits per heavy atom. The Balaban J connectivity index is 2.25. The zero-order chi connectivity index (χ0) is 18.9. The molecular weight excluding hydrogens is 336 g/mol. The second-order valence-corrected chi connectivity index (χ2v) is 5.71. The maximum atomic E-state index is 12.4. The summed E-state index contributed by atoms with van der Waals surface area (Å²) in [5, 5.41) is 6.05. The Morgan fingerprint density at radius 3 is 2.42 bits per heavy atom. The minimum atomic E-state index is -0.435. The summed E-state index contributed by atoms with van der Waals surface area (Å²) in [4.78, 5) is 16.8. The van der Waals surface area contributed by atoms with Crippen molar-refractivity contribution >= 4 is 5.91 Å². The highest BCUT2D eigenvalue weighted by atomic mass is 16.5. The van der Waals surface area contributed by atoms with Crippen LogP contribution in [0.25, 0.3) is 0 Å². The molecule has 1 amide bonds. The van der Waals surface area contributed by atoms with Crippen LogP contribution in [0.5, 0.6) is 11.5 Å². The maximum absolute atomic E-state index is 12.4. The van der Waals surface area contributed by atoms with Crippen LogP contribution in [0.1, 0.15) is 17.4 Å². The van der Waals surface area contributed by atoms with Gasteiger partial charge in [-0.15, -0.1) is 0 Å². The van der Waals surface area contributed by atoms with E-state index in [0.29, 0.717) is 30.5 Å². The molecule has 142 valence electrons. The van der Waals surface area contributed by atoms with Crippen LogP contribution in [-0.4, -0.2) is 56.5 Å². The summed E-state index contributed by atoms with van der Waals surface area (Å²) in [7, 11) is 6.68. The fourth-order valence-electron chi connectivity index (χ4n) is 2.54. The summed E-state index contributed by atoms with van der Waals surface area (Å²) < 4.78 is 17.5. The Morgan fingerprint density at radius 1 is 1.19 bits per heavy atom. The van der Waals surface area contributed by atoms with E-state index in [1.807, 2.05) is 29.9 Å². The molecule has 0 aliphatic carbocycles. The van der Waals surface area contributed by atoms with E-state index in [1.54, 1.807) is 33.6 Å². The summed E-state index contributed by atoms with van der Waals surface area (Å²) in [5.41, 5.74) is 0.820. The van der Waals surface area contributed by atoms with E-state index in [2.05, 4.69) is 15.6 Å². The van der Waals surface area contributed by atoms with Crippen LogP contribution in [-0.2, 0) is 16.6 Å². The van der Waals surface area contributed by atoms with E-state index in [1.165, 1.54) is 0 Å². The predicted molar refractivity (Wildman–Crippen MR) is 97.5 cm³/mol. The van der Waals surface area contributed by atoms with E-state index in [4.69, 9.17) is 14.2 Å². The quantitative estimate of drug-likeness (QED) is 0.610. The van der Waals surface area contributed by atoms with Gasteiger partial charge in [0.05, 0.1) is 27.4 Å². The van der Waals surface area contributed by atoms with E-state index in [-0.39, 0.29) is 12.5 Å². The lowest BCUT2D eigenvalue weighted by Gasteiger charge is -2.20. The molecule has 1 heterocycles. The van der Waals surface area contributed by atoms with Crippen LogP contribution in [0.2, 0.25) is 0 Å². The van der Waals surface area contributed by atoms with Crippen molar-refractivity contribution < 1.29 is 19.0 Å². The number of hydrogen-bond donors (Lipinski definition) is 2. The third-order valence-electron chi connectivity index (χ3n) is 3.90. The summed E-state index contributed by atoms with van der Waals surface area (Å²) >= 11 is 0. The number of rotatable bonds is 10. The Hall–Kier alpha value is -2.58. The minimum absolute atomic E-state index is 0.143. The molecule has 2 aromatic rings. The fraction of sp³-hybridized carbons (Fsp3) is 0.444. The normalized spacial score (nSPS) is 11.8. The van der Waals surface area contributed by atoms with Crippen molar-refractivity contribution in [3.8, 4) is 11.5 Å². The average Bonchev–Trinajstić information content (AvgIpc) is 3.08. The predicted octanol–water partition coefficient (Wildman–Crippen LogP) is 0.879. The number of ether oxygens (including phenoxy) is 3. The molecule has 0 saturated carbocycles. The van der Waals surface area contributed by atoms with Crippen LogP contribution in [0.3, 0.4) is 0 Å². The fourth-order valence-corrected chi connectivity index (χ4v) is 2.54. The van der Waals surface area contributed by atoms with Gasteiger partial charge in [-0.1, -0.05) is 0 Å². The molecule has 0 aliphatic rings. The molecule has 8 heteroatoms. The van der Waals surface area contributed by atoms with Gasteiger partial charge in [0.15, 0.2) is 0 Å². The highest BCUT2D eigenvalue weighted by Crippen LogP contribution is 2.29. The topological polar surface area (TPSA) is 86.6 Å². The van der Waals surface area contributed by atoms with Gasteiger partial charge >= 0.3 is 0 Å². The molecule has 2 rings (SSSR count). The van der Waals surface area contributed by atoms with Crippen LogP contribution in [0.4, 0.5) is 0 Å². The molecule has 0 saturated heterocycles. The van der Waals surface area contributed by atoms with Gasteiger partial charge < -0.3 is 29.4 Å². The number of benzene rings is 1. The van der Waals surface area contributed by atoms with Gasteiger partial charge in [0.25, 0.3) is 0 Å². The lowest BCUT2D eigenvalue weighted by molar-refractivity contribution is -0.120. The second kappa shape index (κ2) is 9.79. The van der Waals surface area contributed by atoms with Gasteiger partial charge in [-0.2, -0.15) is 0 Å². The first-order valence-corrected chi connectivity index (χ1v) is 8.28. The van der Waals surface area contributed by atoms with Crippen molar-refractivity contribution in [2.75, 3.05) is 41.0 Å². The lowest BCUT2D eigenvalue weighted by Crippen LogP contribution is -2.38. The van der Waals surface area contributed by atoms with Gasteiger partial charge in [0.1, 0.15) is 23.4 Å². The van der Waals surface area contributed by atoms with Crippen LogP contribution in [0.15, 0.2) is 30.6 Å². The maximum Gasteiger partial charge on any atom is 0.234 e. The van der Waals surface area contributed by atoms with Crippen LogP contribution < -0.4 is 20.1 Å². The van der Waals surface area contributed by atoms with Crippen molar-refractivity contribution in [1.29, 1.82) is 0 Å². The number of nitrogens with one attached hydrogen (secondary N) is 2. The molecule has 0 radical (unpaired) electrons. The first-order chi connectivity index (χ1) is 12.6. The first kappa shape index (κ1) is 19.7. The third kappa shape index (κ3) is 5.21. The Bertz CT molecular complexity index is 695. The van der Waals surface area contributed by atoms with Gasteiger partial charge in [-0.25, -0.2) is 4.98 Å². The summed E-state index contributed by atoms with van der Waals surface area (Å²) in [6, 6.07) is 5.07. The first-order valence-electron chi connectivity index (χ1n) is 8.28. The van der Waals surface area contributed by atoms with Crippen molar-refractivity contribution in [1.82, 2.24) is 20.2 Å². The van der Waals surface area contributed by atoms with Gasteiger partial charge in [0.2, 0.25) is 5.91 Å². The largest absolute Gasteiger partial charge is 0.497 e. The molecule has 0 fully saturated rings. The molecule has 26 heavy (non-hydrogen) atoms. The average molecular weight is 362 g/mol. The van der Waals surface area contributed by atoms with Crippen LogP contribution in [0, 0.1) is 0 Å². The number of aromatic nitrogens is 2. The number of aryl methyl sites for hydroxylation is 1. The Labute approximate surface area is 153 Å². The summed E-state index contributed by atoms with van der Waals surface area (Å²) in [6.45, 7) is 1.33. The molecular formula is C18H26N4O4. The zero-order valence-corrected chi connectivity index (χ0v) is 15.6. The number of nitrogens with zero attached hydrogens (tertiary/aromatic N) is 2. The van der Waals surface area contributed by atoms with Crippen molar-refractivity contribution in [2.45, 2.75) is 6.04 Å². The van der Waals surface area contributed by atoms with Gasteiger partial charge in [-0.3, -0.25) is 4.79 Å². The van der Waals surface area contributed by atoms with Crippen molar-refractivity contribution in [3.63, 3.8) is 0 Å². The highest BCUT2D eigenvalue weighted by Gasteiger charge is 2.22. The van der Waals surface area contributed by atoms with E-state index in [0.717, 1.165) is 5.56 Å². The SMILES string of the molecule is COCCNCC(=O)NC(c1cc(OC)cc(OC)c1)c1nccn1C. The number of carbonyl (C=O) groups excluding carboxylic acids is 1. The number of hydrogen-bond acceptors (Lipinski definition) is 6. The molecule has 1 aromatic carbocycles. The van der Waals surface area contributed by atoms with Crippen LogP contribution >= 0.6 is 0 Å². The van der Waals surface area contributed by atoms with Crippen molar-refractivity contribution in [3.05, 3.63) is 42.0 Å². The van der Waals surface area contributed by atoms with E-state index in [9.17, 15) is 4.79 Å². The monoisotopic (exact) mass is 362 g/mol.